The molecule has 122 valence electrons. The first-order valence-corrected chi connectivity index (χ1v) is 9.52. The van der Waals surface area contributed by atoms with E-state index in [0.717, 1.165) is 23.9 Å². The Morgan fingerprint density at radius 3 is 2.57 bits per heavy atom. The number of nitrogens with one attached hydrogen (secondary N) is 2. The van der Waals surface area contributed by atoms with Crippen LogP contribution in [0.4, 0.5) is 0 Å². The molecule has 3 unspecified atom stereocenters. The Hall–Kier alpha value is -0.120. The van der Waals surface area contributed by atoms with Crippen LogP contribution in [0.1, 0.15) is 58.3 Å². The van der Waals surface area contributed by atoms with Crippen LogP contribution in [0.25, 0.3) is 0 Å². The smallest absolute Gasteiger partial charge is 0.0111 e. The molecule has 3 atom stereocenters. The molecule has 2 saturated heterocycles. The SMILES string of the molecule is CC1CCN(CCNC2CCCCC2C2CCCN2)CC1. The van der Waals surface area contributed by atoms with E-state index >= 15 is 0 Å². The van der Waals surface area contributed by atoms with Gasteiger partial charge in [-0.2, -0.15) is 0 Å². The molecule has 2 heterocycles. The van der Waals surface area contributed by atoms with Crippen molar-refractivity contribution in [3.63, 3.8) is 0 Å². The summed E-state index contributed by atoms with van der Waals surface area (Å²) in [7, 11) is 0. The summed E-state index contributed by atoms with van der Waals surface area (Å²) in [6, 6.07) is 1.58. The lowest BCUT2D eigenvalue weighted by Gasteiger charge is -2.37. The summed E-state index contributed by atoms with van der Waals surface area (Å²) in [6.07, 6.45) is 11.3. The number of rotatable bonds is 5. The van der Waals surface area contributed by atoms with E-state index in [9.17, 15) is 0 Å². The van der Waals surface area contributed by atoms with Crippen molar-refractivity contribution in [1.82, 2.24) is 15.5 Å². The molecule has 1 aliphatic carbocycles. The van der Waals surface area contributed by atoms with Crippen LogP contribution < -0.4 is 10.6 Å². The maximum absolute atomic E-state index is 3.93. The van der Waals surface area contributed by atoms with Crippen molar-refractivity contribution in [3.05, 3.63) is 0 Å². The number of hydrogen-bond donors (Lipinski definition) is 2. The Bertz CT molecular complexity index is 293. The fourth-order valence-electron chi connectivity index (χ4n) is 4.67. The third kappa shape index (κ3) is 4.43. The predicted molar refractivity (Wildman–Crippen MR) is 89.6 cm³/mol. The van der Waals surface area contributed by atoms with E-state index in [-0.39, 0.29) is 0 Å². The van der Waals surface area contributed by atoms with Gasteiger partial charge >= 0.3 is 0 Å². The normalized spacial score (nSPS) is 36.1. The van der Waals surface area contributed by atoms with Gasteiger partial charge in [0.25, 0.3) is 0 Å². The van der Waals surface area contributed by atoms with Crippen LogP contribution in [0.15, 0.2) is 0 Å². The van der Waals surface area contributed by atoms with Gasteiger partial charge in [-0.25, -0.2) is 0 Å². The first-order chi connectivity index (χ1) is 10.3. The minimum Gasteiger partial charge on any atom is -0.314 e. The van der Waals surface area contributed by atoms with E-state index in [1.165, 1.54) is 84.1 Å². The topological polar surface area (TPSA) is 27.3 Å². The molecule has 3 fully saturated rings. The van der Waals surface area contributed by atoms with E-state index in [2.05, 4.69) is 22.5 Å². The van der Waals surface area contributed by atoms with Crippen LogP contribution in [0, 0.1) is 11.8 Å². The molecular formula is C18H35N3. The van der Waals surface area contributed by atoms with Crippen molar-refractivity contribution in [2.75, 3.05) is 32.7 Å². The Balaban J connectivity index is 1.40. The number of likely N-dealkylation sites (tertiary alicyclic amines) is 1. The number of piperidine rings is 1. The second-order valence-electron chi connectivity index (χ2n) is 7.74. The average molecular weight is 293 g/mol. The lowest BCUT2D eigenvalue weighted by atomic mass is 9.79. The van der Waals surface area contributed by atoms with E-state index in [1.54, 1.807) is 0 Å². The highest BCUT2D eigenvalue weighted by Gasteiger charge is 2.32. The van der Waals surface area contributed by atoms with Crippen LogP contribution in [0.2, 0.25) is 0 Å². The zero-order chi connectivity index (χ0) is 14.5. The van der Waals surface area contributed by atoms with E-state index in [4.69, 9.17) is 0 Å². The molecule has 3 rings (SSSR count). The molecule has 0 radical (unpaired) electrons. The Labute approximate surface area is 131 Å². The fraction of sp³-hybridized carbons (Fsp3) is 1.00. The Morgan fingerprint density at radius 2 is 1.81 bits per heavy atom. The summed E-state index contributed by atoms with van der Waals surface area (Å²) in [4.78, 5) is 2.67. The molecule has 0 aromatic heterocycles. The van der Waals surface area contributed by atoms with Gasteiger partial charge in [0.1, 0.15) is 0 Å². The molecule has 2 aliphatic heterocycles. The second kappa shape index (κ2) is 7.94. The van der Waals surface area contributed by atoms with Crippen molar-refractivity contribution in [3.8, 4) is 0 Å². The van der Waals surface area contributed by atoms with Gasteiger partial charge < -0.3 is 15.5 Å². The van der Waals surface area contributed by atoms with Crippen molar-refractivity contribution < 1.29 is 0 Å². The lowest BCUT2D eigenvalue weighted by molar-refractivity contribution is 0.175. The molecule has 2 N–H and O–H groups in total. The fourth-order valence-corrected chi connectivity index (χ4v) is 4.67. The lowest BCUT2D eigenvalue weighted by Crippen LogP contribution is -2.49. The summed E-state index contributed by atoms with van der Waals surface area (Å²) in [5.41, 5.74) is 0. The summed E-state index contributed by atoms with van der Waals surface area (Å²) in [5.74, 6) is 1.84. The van der Waals surface area contributed by atoms with Crippen LogP contribution in [0.3, 0.4) is 0 Å². The van der Waals surface area contributed by atoms with Crippen LogP contribution >= 0.6 is 0 Å². The van der Waals surface area contributed by atoms with Gasteiger partial charge in [-0.15, -0.1) is 0 Å². The summed E-state index contributed by atoms with van der Waals surface area (Å²) in [5, 5.41) is 7.68. The molecule has 0 bridgehead atoms. The second-order valence-corrected chi connectivity index (χ2v) is 7.74. The first kappa shape index (κ1) is 15.8. The molecule has 3 nitrogen and oxygen atoms in total. The molecule has 0 amide bonds. The standard InChI is InChI=1S/C18H35N3/c1-15-8-12-21(13-9-15)14-11-20-17-6-3-2-5-16(17)18-7-4-10-19-18/h15-20H,2-14H2,1H3. The minimum absolute atomic E-state index is 0.776. The van der Waals surface area contributed by atoms with Gasteiger partial charge in [-0.1, -0.05) is 19.8 Å². The molecular weight excluding hydrogens is 258 g/mol. The molecule has 3 aliphatic rings. The van der Waals surface area contributed by atoms with Gasteiger partial charge in [0.15, 0.2) is 0 Å². The number of hydrogen-bond acceptors (Lipinski definition) is 3. The van der Waals surface area contributed by atoms with Crippen molar-refractivity contribution in [2.45, 2.75) is 70.4 Å². The van der Waals surface area contributed by atoms with Crippen LogP contribution in [-0.2, 0) is 0 Å². The Kier molecular flexibility index (Phi) is 5.96. The van der Waals surface area contributed by atoms with Gasteiger partial charge in [-0.3, -0.25) is 0 Å². The molecule has 0 spiro atoms. The van der Waals surface area contributed by atoms with Gasteiger partial charge in [0.2, 0.25) is 0 Å². The summed E-state index contributed by atoms with van der Waals surface area (Å²) in [6.45, 7) is 8.75. The summed E-state index contributed by atoms with van der Waals surface area (Å²) < 4.78 is 0. The van der Waals surface area contributed by atoms with Gasteiger partial charge in [-0.05, 0) is 70.0 Å². The predicted octanol–water partition coefficient (Wildman–Crippen LogP) is 2.62. The van der Waals surface area contributed by atoms with Crippen LogP contribution in [-0.4, -0.2) is 49.7 Å². The average Bonchev–Trinajstić information content (AvgIpc) is 3.04. The quantitative estimate of drug-likeness (QED) is 0.816. The maximum Gasteiger partial charge on any atom is 0.0111 e. The molecule has 1 saturated carbocycles. The molecule has 3 heteroatoms. The van der Waals surface area contributed by atoms with Crippen molar-refractivity contribution >= 4 is 0 Å². The highest BCUT2D eigenvalue weighted by atomic mass is 15.1. The van der Waals surface area contributed by atoms with E-state index in [1.807, 2.05) is 0 Å². The van der Waals surface area contributed by atoms with Crippen molar-refractivity contribution in [1.29, 1.82) is 0 Å². The summed E-state index contributed by atoms with van der Waals surface area (Å²) >= 11 is 0. The third-order valence-corrected chi connectivity index (χ3v) is 6.15. The van der Waals surface area contributed by atoms with Gasteiger partial charge in [0, 0.05) is 25.2 Å². The highest BCUT2D eigenvalue weighted by molar-refractivity contribution is 4.91. The van der Waals surface area contributed by atoms with Crippen molar-refractivity contribution in [2.24, 2.45) is 11.8 Å². The van der Waals surface area contributed by atoms with Gasteiger partial charge in [0.05, 0.1) is 0 Å². The maximum atomic E-state index is 3.93. The minimum atomic E-state index is 0.776. The third-order valence-electron chi connectivity index (χ3n) is 6.15. The highest BCUT2D eigenvalue weighted by Crippen LogP contribution is 2.30. The molecule has 0 aromatic rings. The van der Waals surface area contributed by atoms with E-state index in [0.29, 0.717) is 0 Å². The monoisotopic (exact) mass is 293 g/mol. The first-order valence-electron chi connectivity index (χ1n) is 9.52. The number of nitrogens with zero attached hydrogens (tertiary/aromatic N) is 1. The molecule has 0 aromatic carbocycles. The van der Waals surface area contributed by atoms with E-state index < -0.39 is 0 Å². The largest absolute Gasteiger partial charge is 0.314 e. The Morgan fingerprint density at radius 1 is 1.00 bits per heavy atom. The zero-order valence-corrected chi connectivity index (χ0v) is 13.9. The zero-order valence-electron chi connectivity index (χ0n) is 13.9. The molecule has 21 heavy (non-hydrogen) atoms. The van der Waals surface area contributed by atoms with Crippen LogP contribution in [0.5, 0.6) is 0 Å².